The first-order valence-electron chi connectivity index (χ1n) is 10.9. The van der Waals surface area contributed by atoms with Gasteiger partial charge in [-0.15, -0.1) is 0 Å². The highest BCUT2D eigenvalue weighted by atomic mass is 35.5. The van der Waals surface area contributed by atoms with E-state index in [1.807, 2.05) is 6.07 Å². The molecule has 1 amide bonds. The zero-order valence-corrected chi connectivity index (χ0v) is 20.9. The van der Waals surface area contributed by atoms with Gasteiger partial charge >= 0.3 is 12.3 Å². The Hall–Kier alpha value is -3.97. The minimum Gasteiger partial charge on any atom is -0.490 e. The number of allylic oxidation sites excluding steroid dienone is 2. The number of carboxylic acid groups (broad SMARTS) is 1. The molecule has 1 N–H and O–H groups in total. The van der Waals surface area contributed by atoms with E-state index < -0.39 is 30.1 Å². The van der Waals surface area contributed by atoms with Crippen molar-refractivity contribution in [1.29, 1.82) is 5.26 Å². The summed E-state index contributed by atoms with van der Waals surface area (Å²) in [5.41, 5.74) is -0.550. The summed E-state index contributed by atoms with van der Waals surface area (Å²) in [6.07, 6.45) is -2.83. The van der Waals surface area contributed by atoms with E-state index in [-0.39, 0.29) is 44.6 Å². The van der Waals surface area contributed by atoms with Crippen molar-refractivity contribution in [3.05, 3.63) is 76.5 Å². The van der Waals surface area contributed by atoms with Crippen molar-refractivity contribution < 1.29 is 32.6 Å². The third-order valence-corrected chi connectivity index (χ3v) is 6.09. The maximum Gasteiger partial charge on any atom is 0.484 e. The van der Waals surface area contributed by atoms with Gasteiger partial charge in [0.2, 0.25) is 0 Å². The van der Waals surface area contributed by atoms with Crippen molar-refractivity contribution >= 4 is 34.7 Å². The summed E-state index contributed by atoms with van der Waals surface area (Å²) in [7, 11) is 1.48. The van der Waals surface area contributed by atoms with Crippen LogP contribution in [0.15, 0.2) is 60.3 Å². The van der Waals surface area contributed by atoms with Crippen molar-refractivity contribution in [2.45, 2.75) is 20.1 Å². The fraction of sp³-hybridized carbons (Fsp3) is 0.269. The summed E-state index contributed by atoms with van der Waals surface area (Å²) in [6, 6.07) is 12.6. The monoisotopic (exact) mass is 533 g/mol. The van der Waals surface area contributed by atoms with Crippen LogP contribution < -0.4 is 9.64 Å². The molecule has 3 rings (SSSR count). The highest BCUT2D eigenvalue weighted by Gasteiger charge is 2.37. The molecule has 1 aliphatic rings. The Kier molecular flexibility index (Phi) is 7.88. The topological polar surface area (TPSA) is 93.9 Å². The third kappa shape index (κ3) is 6.06. The number of amides is 1. The van der Waals surface area contributed by atoms with Gasteiger partial charge in [-0.05, 0) is 55.8 Å². The second-order valence-corrected chi connectivity index (χ2v) is 9.33. The number of halogens is 4. The second-order valence-electron chi connectivity index (χ2n) is 8.92. The molecular weight excluding hydrogens is 511 g/mol. The van der Waals surface area contributed by atoms with Crippen molar-refractivity contribution in [3.63, 3.8) is 0 Å². The zero-order chi connectivity index (χ0) is 27.5. The number of rotatable bonds is 7. The summed E-state index contributed by atoms with van der Waals surface area (Å²) in [6.45, 7) is 2.21. The SMILES string of the molecule is CN(C(=O)c1ccc(Cl)c(C2=C(C#N)C=CN(C(F)(F)F)C2)c1)c1ccccc1OCC(C)(C)C(=O)O. The number of carbonyl (C=O) groups excluding carboxylic acids is 1. The van der Waals surface area contributed by atoms with Gasteiger partial charge in [-0.25, -0.2) is 0 Å². The van der Waals surface area contributed by atoms with Crippen molar-refractivity contribution in [3.8, 4) is 11.8 Å². The number of ether oxygens (including phenoxy) is 1. The summed E-state index contributed by atoms with van der Waals surface area (Å²) in [5, 5.41) is 18.9. The number of hydrogen-bond acceptors (Lipinski definition) is 5. The Morgan fingerprint density at radius 3 is 2.51 bits per heavy atom. The first kappa shape index (κ1) is 27.6. The molecule has 0 radical (unpaired) electrons. The molecule has 0 fully saturated rings. The predicted octanol–water partition coefficient (Wildman–Crippen LogP) is 5.73. The highest BCUT2D eigenvalue weighted by molar-refractivity contribution is 6.32. The van der Waals surface area contributed by atoms with Gasteiger partial charge in [0, 0.05) is 29.4 Å². The molecule has 2 aromatic carbocycles. The van der Waals surface area contributed by atoms with Gasteiger partial charge in [0.25, 0.3) is 5.91 Å². The molecule has 0 aromatic heterocycles. The van der Waals surface area contributed by atoms with E-state index >= 15 is 0 Å². The van der Waals surface area contributed by atoms with Crippen LogP contribution in [0.4, 0.5) is 18.9 Å². The highest BCUT2D eigenvalue weighted by Crippen LogP contribution is 2.36. The van der Waals surface area contributed by atoms with Gasteiger partial charge in [-0.1, -0.05) is 23.7 Å². The predicted molar refractivity (Wildman–Crippen MR) is 132 cm³/mol. The average molecular weight is 534 g/mol. The van der Waals surface area contributed by atoms with E-state index in [1.54, 1.807) is 24.3 Å². The second kappa shape index (κ2) is 10.6. The molecule has 0 unspecified atom stereocenters. The van der Waals surface area contributed by atoms with Gasteiger partial charge < -0.3 is 14.7 Å². The number of para-hydroxylation sites is 2. The molecule has 1 aliphatic heterocycles. The molecule has 0 atom stereocenters. The van der Waals surface area contributed by atoms with Crippen LogP contribution in [0.1, 0.15) is 29.8 Å². The molecule has 37 heavy (non-hydrogen) atoms. The van der Waals surface area contributed by atoms with Gasteiger partial charge in [-0.2, -0.15) is 18.4 Å². The smallest absolute Gasteiger partial charge is 0.484 e. The van der Waals surface area contributed by atoms with Crippen LogP contribution in [-0.4, -0.2) is 48.4 Å². The quantitative estimate of drug-likeness (QED) is 0.457. The minimum atomic E-state index is -4.66. The van der Waals surface area contributed by atoms with Crippen LogP contribution in [0, 0.1) is 16.7 Å². The van der Waals surface area contributed by atoms with Crippen LogP contribution >= 0.6 is 11.6 Å². The maximum absolute atomic E-state index is 13.4. The number of aliphatic carboxylic acids is 1. The maximum atomic E-state index is 13.4. The number of nitriles is 1. The molecule has 11 heteroatoms. The minimum absolute atomic E-state index is 0.000134. The number of hydrogen-bond donors (Lipinski definition) is 1. The number of carboxylic acids is 1. The standard InChI is InChI=1S/C26H23ClF3N3O4/c1-25(2,24(35)36)15-37-22-7-5-4-6-21(22)32(3)23(34)16-8-9-20(27)18(12-16)19-14-33(26(28,29)30)11-10-17(19)13-31/h4-12H,14-15H2,1-3H3,(H,35,36). The molecule has 0 spiro atoms. The van der Waals surface area contributed by atoms with Crippen LogP contribution in [0.2, 0.25) is 5.02 Å². The fourth-order valence-electron chi connectivity index (χ4n) is 3.45. The lowest BCUT2D eigenvalue weighted by Gasteiger charge is -2.28. The normalized spacial score (nSPS) is 13.8. The van der Waals surface area contributed by atoms with E-state index in [0.29, 0.717) is 5.69 Å². The lowest BCUT2D eigenvalue weighted by atomic mass is 9.95. The summed E-state index contributed by atoms with van der Waals surface area (Å²) in [5.74, 6) is -1.30. The van der Waals surface area contributed by atoms with Crippen LogP contribution in [-0.2, 0) is 4.79 Å². The number of anilines is 1. The average Bonchev–Trinajstić information content (AvgIpc) is 2.86. The number of nitrogens with zero attached hydrogens (tertiary/aromatic N) is 3. The Morgan fingerprint density at radius 2 is 1.89 bits per heavy atom. The third-order valence-electron chi connectivity index (χ3n) is 5.76. The number of benzene rings is 2. The first-order chi connectivity index (χ1) is 17.3. The van der Waals surface area contributed by atoms with Gasteiger partial charge in [0.1, 0.15) is 12.4 Å². The van der Waals surface area contributed by atoms with Crippen LogP contribution in [0.5, 0.6) is 5.75 Å². The Labute approximate surface area is 216 Å². The molecule has 0 aliphatic carbocycles. The molecule has 194 valence electrons. The Morgan fingerprint density at radius 1 is 1.22 bits per heavy atom. The Balaban J connectivity index is 1.95. The van der Waals surface area contributed by atoms with E-state index in [4.69, 9.17) is 16.3 Å². The molecule has 1 heterocycles. The van der Waals surface area contributed by atoms with Gasteiger partial charge in [-0.3, -0.25) is 14.5 Å². The number of alkyl halides is 3. The zero-order valence-electron chi connectivity index (χ0n) is 20.1. The van der Waals surface area contributed by atoms with E-state index in [0.717, 1.165) is 12.3 Å². The van der Waals surface area contributed by atoms with Crippen molar-refractivity contribution in [1.82, 2.24) is 4.90 Å². The summed E-state index contributed by atoms with van der Waals surface area (Å²) < 4.78 is 45.7. The fourth-order valence-corrected chi connectivity index (χ4v) is 3.68. The largest absolute Gasteiger partial charge is 0.490 e. The van der Waals surface area contributed by atoms with E-state index in [2.05, 4.69) is 0 Å². The molecule has 7 nitrogen and oxygen atoms in total. The molecule has 0 saturated heterocycles. The van der Waals surface area contributed by atoms with Crippen molar-refractivity contribution in [2.24, 2.45) is 5.41 Å². The summed E-state index contributed by atoms with van der Waals surface area (Å²) >= 11 is 6.29. The number of carbonyl (C=O) groups is 2. The van der Waals surface area contributed by atoms with Crippen LogP contribution in [0.3, 0.4) is 0 Å². The van der Waals surface area contributed by atoms with Gasteiger partial charge in [0.15, 0.2) is 0 Å². The van der Waals surface area contributed by atoms with E-state index in [9.17, 15) is 33.1 Å². The first-order valence-corrected chi connectivity index (χ1v) is 11.3. The van der Waals surface area contributed by atoms with Crippen molar-refractivity contribution in [2.75, 3.05) is 25.1 Å². The lowest BCUT2D eigenvalue weighted by molar-refractivity contribution is -0.223. The molecule has 0 saturated carbocycles. The van der Waals surface area contributed by atoms with Crippen LogP contribution in [0.25, 0.3) is 5.57 Å². The molecular formula is C26H23ClF3N3O4. The van der Waals surface area contributed by atoms with E-state index in [1.165, 1.54) is 44.0 Å². The summed E-state index contributed by atoms with van der Waals surface area (Å²) in [4.78, 5) is 26.2. The molecule has 0 bridgehead atoms. The van der Waals surface area contributed by atoms with Gasteiger partial charge in [0.05, 0.1) is 29.3 Å². The Bertz CT molecular complexity index is 1330. The molecule has 2 aromatic rings. The lowest BCUT2D eigenvalue weighted by Crippen LogP contribution is -2.36.